The molecule has 1 fully saturated rings. The summed E-state index contributed by atoms with van der Waals surface area (Å²) in [6.45, 7) is 3.46. The van der Waals surface area contributed by atoms with E-state index in [1.807, 2.05) is 0 Å². The van der Waals surface area contributed by atoms with Crippen LogP contribution in [-0.4, -0.2) is 35.8 Å². The fourth-order valence-electron chi connectivity index (χ4n) is 4.12. The number of likely N-dealkylation sites (tertiary alicyclic amines) is 1. The number of ether oxygens (including phenoxy) is 1. The van der Waals surface area contributed by atoms with Crippen molar-refractivity contribution in [2.24, 2.45) is 0 Å². The minimum absolute atomic E-state index is 0.159. The molecule has 0 bridgehead atoms. The zero-order valence-corrected chi connectivity index (χ0v) is 17.1. The molecule has 3 aromatic rings. The maximum Gasteiger partial charge on any atom is 0.119 e. The number of unbranched alkanes of at least 4 members (excludes halogenated alkanes) is 2. The summed E-state index contributed by atoms with van der Waals surface area (Å²) in [5.41, 5.74) is 2.72. The number of β-amino-alcohol motifs (C(OH)–C–C–N with tert-alkyl or cyclic N) is 1. The predicted octanol–water partition coefficient (Wildman–Crippen LogP) is 5.20. The van der Waals surface area contributed by atoms with Crippen molar-refractivity contribution in [3.05, 3.63) is 77.9 Å². The standard InChI is InChI=1S/C26H31NO2/c28-25-14-15-27(20-25)19-22-10-11-24-18-26(13-12-23(24)17-22)29-16-6-2-5-9-21-7-3-1-4-8-21/h1,3-4,7-8,10-13,17-18,25,28H,2,5-6,9,14-16,19-20H2. The first-order valence-electron chi connectivity index (χ1n) is 10.9. The maximum atomic E-state index is 9.70. The quantitative estimate of drug-likeness (QED) is 0.511. The molecule has 0 radical (unpaired) electrons. The van der Waals surface area contributed by atoms with E-state index in [9.17, 15) is 5.11 Å². The van der Waals surface area contributed by atoms with Crippen LogP contribution in [0, 0.1) is 0 Å². The molecule has 3 nitrogen and oxygen atoms in total. The zero-order chi connectivity index (χ0) is 19.9. The van der Waals surface area contributed by atoms with Crippen molar-refractivity contribution in [3.8, 4) is 5.75 Å². The predicted molar refractivity (Wildman–Crippen MR) is 119 cm³/mol. The summed E-state index contributed by atoms with van der Waals surface area (Å²) in [6, 6.07) is 23.7. The van der Waals surface area contributed by atoms with E-state index in [-0.39, 0.29) is 6.10 Å². The summed E-state index contributed by atoms with van der Waals surface area (Å²) < 4.78 is 5.98. The van der Waals surface area contributed by atoms with Crippen LogP contribution in [0.5, 0.6) is 5.75 Å². The number of aryl methyl sites for hydroxylation is 1. The van der Waals surface area contributed by atoms with Crippen LogP contribution in [0.2, 0.25) is 0 Å². The SMILES string of the molecule is OC1CCN(Cc2ccc3cc(OCCCCCc4ccccc4)ccc3c2)C1. The number of rotatable bonds is 9. The third-order valence-electron chi connectivity index (χ3n) is 5.75. The van der Waals surface area contributed by atoms with Crippen molar-refractivity contribution in [1.82, 2.24) is 4.90 Å². The fraction of sp³-hybridized carbons (Fsp3) is 0.385. The molecule has 1 atom stereocenters. The lowest BCUT2D eigenvalue weighted by Crippen LogP contribution is -2.21. The number of benzene rings is 3. The van der Waals surface area contributed by atoms with Crippen LogP contribution in [0.25, 0.3) is 10.8 Å². The first kappa shape index (κ1) is 19.9. The van der Waals surface area contributed by atoms with Gasteiger partial charge in [0.2, 0.25) is 0 Å². The van der Waals surface area contributed by atoms with Crippen LogP contribution in [-0.2, 0) is 13.0 Å². The minimum atomic E-state index is -0.159. The fourth-order valence-corrected chi connectivity index (χ4v) is 4.12. The van der Waals surface area contributed by atoms with Crippen molar-refractivity contribution in [1.29, 1.82) is 0 Å². The molecule has 4 rings (SSSR count). The lowest BCUT2D eigenvalue weighted by atomic mass is 10.1. The van der Waals surface area contributed by atoms with Crippen molar-refractivity contribution in [2.45, 2.75) is 44.8 Å². The minimum Gasteiger partial charge on any atom is -0.494 e. The summed E-state index contributed by atoms with van der Waals surface area (Å²) in [4.78, 5) is 2.32. The Labute approximate surface area is 173 Å². The van der Waals surface area contributed by atoms with Gasteiger partial charge in [0.1, 0.15) is 5.75 Å². The van der Waals surface area contributed by atoms with Crippen molar-refractivity contribution < 1.29 is 9.84 Å². The lowest BCUT2D eigenvalue weighted by Gasteiger charge is -2.15. The van der Waals surface area contributed by atoms with Gasteiger partial charge in [-0.25, -0.2) is 0 Å². The van der Waals surface area contributed by atoms with Crippen LogP contribution in [0.15, 0.2) is 66.7 Å². The molecule has 0 aliphatic carbocycles. The first-order valence-corrected chi connectivity index (χ1v) is 10.9. The van der Waals surface area contributed by atoms with Crippen LogP contribution in [0.3, 0.4) is 0 Å². The maximum absolute atomic E-state index is 9.70. The van der Waals surface area contributed by atoms with E-state index in [1.54, 1.807) is 0 Å². The Hall–Kier alpha value is -2.36. The molecule has 1 N–H and O–H groups in total. The average molecular weight is 390 g/mol. The molecule has 29 heavy (non-hydrogen) atoms. The van der Waals surface area contributed by atoms with Crippen LogP contribution >= 0.6 is 0 Å². The molecule has 1 heterocycles. The average Bonchev–Trinajstić information content (AvgIpc) is 3.16. The van der Waals surface area contributed by atoms with Gasteiger partial charge < -0.3 is 9.84 Å². The highest BCUT2D eigenvalue weighted by atomic mass is 16.5. The smallest absolute Gasteiger partial charge is 0.119 e. The molecule has 0 aromatic heterocycles. The van der Waals surface area contributed by atoms with E-state index in [4.69, 9.17) is 4.74 Å². The second-order valence-corrected chi connectivity index (χ2v) is 8.17. The van der Waals surface area contributed by atoms with E-state index in [2.05, 4.69) is 71.6 Å². The van der Waals surface area contributed by atoms with Crippen molar-refractivity contribution >= 4 is 10.8 Å². The van der Waals surface area contributed by atoms with Gasteiger partial charge in [0.05, 0.1) is 12.7 Å². The molecule has 1 aliphatic heterocycles. The molecule has 152 valence electrons. The molecule has 0 saturated carbocycles. The lowest BCUT2D eigenvalue weighted by molar-refractivity contribution is 0.175. The molecular formula is C26H31NO2. The van der Waals surface area contributed by atoms with E-state index in [1.165, 1.54) is 34.7 Å². The molecule has 1 unspecified atom stereocenters. The van der Waals surface area contributed by atoms with Gasteiger partial charge in [-0.3, -0.25) is 4.90 Å². The largest absolute Gasteiger partial charge is 0.494 e. The third-order valence-corrected chi connectivity index (χ3v) is 5.75. The highest BCUT2D eigenvalue weighted by Crippen LogP contribution is 2.24. The summed E-state index contributed by atoms with van der Waals surface area (Å²) in [7, 11) is 0. The van der Waals surface area contributed by atoms with E-state index >= 15 is 0 Å². The van der Waals surface area contributed by atoms with Gasteiger partial charge in [0, 0.05) is 19.6 Å². The van der Waals surface area contributed by atoms with Crippen LogP contribution in [0.1, 0.15) is 36.8 Å². The molecule has 0 spiro atoms. The number of aliphatic hydroxyl groups is 1. The van der Waals surface area contributed by atoms with Crippen LogP contribution in [0.4, 0.5) is 0 Å². The molecule has 3 heteroatoms. The Bertz CT molecular complexity index is 909. The van der Waals surface area contributed by atoms with E-state index < -0.39 is 0 Å². The number of hydrogen-bond acceptors (Lipinski definition) is 3. The Morgan fingerprint density at radius 2 is 1.69 bits per heavy atom. The highest BCUT2D eigenvalue weighted by Gasteiger charge is 2.19. The summed E-state index contributed by atoms with van der Waals surface area (Å²) in [6.07, 6.45) is 5.37. The molecule has 1 aliphatic rings. The van der Waals surface area contributed by atoms with Gasteiger partial charge in [-0.2, -0.15) is 0 Å². The van der Waals surface area contributed by atoms with Crippen molar-refractivity contribution in [2.75, 3.05) is 19.7 Å². The van der Waals surface area contributed by atoms with Gasteiger partial charge in [-0.15, -0.1) is 0 Å². The summed E-state index contributed by atoms with van der Waals surface area (Å²) >= 11 is 0. The number of nitrogens with zero attached hydrogens (tertiary/aromatic N) is 1. The molecule has 1 saturated heterocycles. The first-order chi connectivity index (χ1) is 14.3. The molecule has 0 amide bonds. The third kappa shape index (κ3) is 5.81. The Kier molecular flexibility index (Phi) is 6.81. The van der Waals surface area contributed by atoms with E-state index in [0.29, 0.717) is 0 Å². The summed E-state index contributed by atoms with van der Waals surface area (Å²) in [5, 5.41) is 12.2. The Morgan fingerprint density at radius 1 is 0.862 bits per heavy atom. The zero-order valence-electron chi connectivity index (χ0n) is 17.1. The van der Waals surface area contributed by atoms with Gasteiger partial charge >= 0.3 is 0 Å². The molecule has 3 aromatic carbocycles. The second-order valence-electron chi connectivity index (χ2n) is 8.17. The monoisotopic (exact) mass is 389 g/mol. The number of aliphatic hydroxyl groups excluding tert-OH is 1. The highest BCUT2D eigenvalue weighted by molar-refractivity contribution is 5.84. The van der Waals surface area contributed by atoms with Gasteiger partial charge in [-0.05, 0) is 72.2 Å². The molecular weight excluding hydrogens is 358 g/mol. The van der Waals surface area contributed by atoms with Gasteiger partial charge in [0.15, 0.2) is 0 Å². The Balaban J connectivity index is 1.23. The second kappa shape index (κ2) is 9.91. The van der Waals surface area contributed by atoms with Gasteiger partial charge in [-0.1, -0.05) is 48.5 Å². The number of fused-ring (bicyclic) bond motifs is 1. The van der Waals surface area contributed by atoms with E-state index in [0.717, 1.165) is 51.3 Å². The van der Waals surface area contributed by atoms with Crippen molar-refractivity contribution in [3.63, 3.8) is 0 Å². The summed E-state index contributed by atoms with van der Waals surface area (Å²) in [5.74, 6) is 0.955. The topological polar surface area (TPSA) is 32.7 Å². The number of hydrogen-bond donors (Lipinski definition) is 1. The normalized spacial score (nSPS) is 17.1. The van der Waals surface area contributed by atoms with Gasteiger partial charge in [0.25, 0.3) is 0 Å². The Morgan fingerprint density at radius 3 is 2.52 bits per heavy atom. The van der Waals surface area contributed by atoms with Crippen LogP contribution < -0.4 is 4.74 Å².